The summed E-state index contributed by atoms with van der Waals surface area (Å²) in [7, 11) is -5.82. The Morgan fingerprint density at radius 2 is 0.980 bits per heavy atom. The molecule has 0 unspecified atom stereocenters. The van der Waals surface area contributed by atoms with E-state index in [1.807, 2.05) is 0 Å². The Balaban J connectivity index is 0.000000389. The summed E-state index contributed by atoms with van der Waals surface area (Å²) in [5, 5.41) is 21.2. The SMILES string of the molecule is CC#N.ClCCl.O=S(=O)([O-])C(n1cccn1)(n1cccn1)n1cccn1.[N-]=[N+]=[N-].[Ru+2].c1ccc([PH+](c2ccccc2)c2ccccc2)cc1. The Morgan fingerprint density at radius 1 is 0.735 bits per heavy atom. The molecule has 0 saturated heterocycles. The second-order valence-electron chi connectivity index (χ2n) is 8.77. The third-order valence-corrected chi connectivity index (χ3v) is 9.90. The molecule has 3 aromatic carbocycles. The molecule has 3 aromatic heterocycles. The van der Waals surface area contributed by atoms with Gasteiger partial charge in [-0.25, -0.2) is 22.5 Å². The van der Waals surface area contributed by atoms with Gasteiger partial charge in [0.1, 0.15) is 15.9 Å². The first-order chi connectivity index (χ1) is 23.3. The van der Waals surface area contributed by atoms with Crippen molar-refractivity contribution in [2.75, 3.05) is 5.34 Å². The monoisotopic (exact) mass is 825 g/mol. The third kappa shape index (κ3) is 11.9. The van der Waals surface area contributed by atoms with Crippen LogP contribution in [0.3, 0.4) is 0 Å². The molecular weight excluding hydrogens is 795 g/mol. The molecule has 0 radical (unpaired) electrons. The van der Waals surface area contributed by atoms with Gasteiger partial charge in [-0.2, -0.15) is 20.6 Å². The van der Waals surface area contributed by atoms with E-state index in [-0.39, 0.29) is 24.8 Å². The second-order valence-corrected chi connectivity index (χ2v) is 13.5. The minimum absolute atomic E-state index is 0. The second kappa shape index (κ2) is 23.1. The molecule has 0 bridgehead atoms. The van der Waals surface area contributed by atoms with Gasteiger partial charge in [0, 0.05) is 44.1 Å². The smallest absolute Gasteiger partial charge is 0.743 e. The molecule has 0 aliphatic carbocycles. The predicted octanol–water partition coefficient (Wildman–Crippen LogP) is 5.48. The quantitative estimate of drug-likeness (QED) is 0.0387. The fourth-order valence-corrected chi connectivity index (χ4v) is 7.89. The number of hydrogen-bond acceptors (Lipinski definition) is 7. The van der Waals surface area contributed by atoms with Gasteiger partial charge in [-0.3, -0.25) is 4.91 Å². The average molecular weight is 826 g/mol. The fraction of sp³-hybridized carbons (Fsp3) is 0.0968. The molecular formula is C31H30Cl2N10O3PRuS+. The van der Waals surface area contributed by atoms with Crippen LogP contribution in [0, 0.1) is 11.3 Å². The molecule has 0 atom stereocenters. The normalized spacial score (nSPS) is 9.96. The molecule has 3 heterocycles. The summed E-state index contributed by atoms with van der Waals surface area (Å²) in [6, 6.07) is 38.8. The summed E-state index contributed by atoms with van der Waals surface area (Å²) in [6.45, 7) is 1.43. The van der Waals surface area contributed by atoms with Gasteiger partial charge in [-0.05, 0) is 54.6 Å². The van der Waals surface area contributed by atoms with Crippen LogP contribution in [0.15, 0.2) is 146 Å². The van der Waals surface area contributed by atoms with Crippen LogP contribution in [0.2, 0.25) is 0 Å². The third-order valence-electron chi connectivity index (χ3n) is 5.93. The maximum atomic E-state index is 12.0. The number of nitriles is 1. The van der Waals surface area contributed by atoms with Gasteiger partial charge in [0.25, 0.3) is 0 Å². The first kappa shape index (κ1) is 42.7. The summed E-state index contributed by atoms with van der Waals surface area (Å²) in [5.41, 5.74) is 13.5. The van der Waals surface area contributed by atoms with Crippen LogP contribution in [0.5, 0.6) is 0 Å². The van der Waals surface area contributed by atoms with Crippen molar-refractivity contribution in [2.24, 2.45) is 0 Å². The van der Waals surface area contributed by atoms with Crippen molar-refractivity contribution >= 4 is 57.2 Å². The minimum Gasteiger partial charge on any atom is -0.743 e. The molecule has 0 spiro atoms. The van der Waals surface area contributed by atoms with E-state index in [9.17, 15) is 13.0 Å². The van der Waals surface area contributed by atoms with E-state index in [0.29, 0.717) is 0 Å². The van der Waals surface area contributed by atoms with E-state index in [1.165, 1.54) is 83.1 Å². The van der Waals surface area contributed by atoms with Crippen molar-refractivity contribution in [1.29, 1.82) is 5.26 Å². The molecule has 6 aromatic rings. The Bertz CT molecular complexity index is 1720. The van der Waals surface area contributed by atoms with E-state index in [1.54, 1.807) is 6.07 Å². The molecule has 0 amide bonds. The molecule has 18 heteroatoms. The molecule has 254 valence electrons. The minimum atomic E-state index is -4.94. The maximum absolute atomic E-state index is 12.0. The Hall–Kier alpha value is -4.37. The standard InChI is InChI=1S/C18H15P.C10H10N6O3S.C2H3N.CH2Cl2.N3.Ru/c1-4-10-16(11-5-1)19(17-12-6-2-7-13-17)18-14-8-3-9-15-18;17-20(18,19)10(14-7-1-4-11-14,15-8-2-5-12-15)16-9-3-6-13-16;1-2-3;2-1-3;1-3-2;/h1-15H;1-9H,(H,17,18,19);1H3;1H2;;/q;;;;-1;+2. The van der Waals surface area contributed by atoms with Gasteiger partial charge in [0.15, 0.2) is 10.1 Å². The Kier molecular flexibility index (Phi) is 20.1. The van der Waals surface area contributed by atoms with Gasteiger partial charge in [-0.15, -0.1) is 23.2 Å². The van der Waals surface area contributed by atoms with Crippen LogP contribution in [0.4, 0.5) is 0 Å². The summed E-state index contributed by atoms with van der Waals surface area (Å²) in [5.74, 6) is 0. The number of alkyl halides is 2. The fourth-order valence-electron chi connectivity index (χ4n) is 4.30. The van der Waals surface area contributed by atoms with E-state index >= 15 is 0 Å². The van der Waals surface area contributed by atoms with Crippen molar-refractivity contribution in [3.63, 3.8) is 0 Å². The molecule has 0 aliphatic rings. The van der Waals surface area contributed by atoms with E-state index < -0.39 is 23.2 Å². The van der Waals surface area contributed by atoms with Gasteiger partial charge in [0.05, 0.1) is 19.3 Å². The molecule has 13 nitrogen and oxygen atoms in total. The number of hydrogen-bond donors (Lipinski definition) is 0. The zero-order valence-electron chi connectivity index (χ0n) is 25.8. The summed E-state index contributed by atoms with van der Waals surface area (Å²) in [4.78, 5) is 1.50. The van der Waals surface area contributed by atoms with E-state index in [2.05, 4.69) is 106 Å². The zero-order valence-corrected chi connectivity index (χ0v) is 30.8. The zero-order chi connectivity index (χ0) is 35.3. The number of halogens is 2. The number of benzene rings is 3. The van der Waals surface area contributed by atoms with Crippen LogP contribution in [-0.4, -0.2) is 47.7 Å². The Morgan fingerprint density at radius 3 is 1.16 bits per heavy atom. The van der Waals surface area contributed by atoms with Crippen LogP contribution < -0.4 is 15.9 Å². The first-order valence-electron chi connectivity index (χ1n) is 13.7. The summed E-state index contributed by atoms with van der Waals surface area (Å²) >= 11 is 9.53. The average Bonchev–Trinajstić information content (AvgIpc) is 3.91. The predicted molar refractivity (Wildman–Crippen MR) is 190 cm³/mol. The largest absolute Gasteiger partial charge is 2.00 e. The van der Waals surface area contributed by atoms with Gasteiger partial charge in [0.2, 0.25) is 0 Å². The van der Waals surface area contributed by atoms with Gasteiger partial charge in [-0.1, -0.05) is 54.6 Å². The van der Waals surface area contributed by atoms with Crippen molar-refractivity contribution in [3.05, 3.63) is 162 Å². The molecule has 0 aliphatic heterocycles. The molecule has 0 saturated carbocycles. The van der Waals surface area contributed by atoms with Crippen LogP contribution in [-0.2, 0) is 34.7 Å². The number of nitrogens with zero attached hydrogens (tertiary/aromatic N) is 10. The molecule has 0 N–H and O–H groups in total. The maximum Gasteiger partial charge on any atom is 2.00 e. The molecule has 49 heavy (non-hydrogen) atoms. The van der Waals surface area contributed by atoms with Gasteiger partial charge < -0.3 is 15.6 Å². The van der Waals surface area contributed by atoms with Crippen LogP contribution in [0.1, 0.15) is 6.92 Å². The topological polar surface area (TPSA) is 193 Å². The molecule has 6 rings (SSSR count). The summed E-state index contributed by atoms with van der Waals surface area (Å²) < 4.78 is 39.0. The number of rotatable bonds is 7. The van der Waals surface area contributed by atoms with Crippen LogP contribution >= 0.6 is 31.1 Å². The van der Waals surface area contributed by atoms with Crippen molar-refractivity contribution in [2.45, 2.75) is 12.0 Å². The van der Waals surface area contributed by atoms with Crippen molar-refractivity contribution in [3.8, 4) is 6.07 Å². The van der Waals surface area contributed by atoms with E-state index in [4.69, 9.17) is 39.5 Å². The van der Waals surface area contributed by atoms with E-state index in [0.717, 1.165) is 14.0 Å². The number of aromatic nitrogens is 6. The van der Waals surface area contributed by atoms with Crippen molar-refractivity contribution < 1.29 is 32.4 Å². The van der Waals surface area contributed by atoms with Crippen LogP contribution in [0.25, 0.3) is 16.0 Å². The first-order valence-corrected chi connectivity index (χ1v) is 17.6. The van der Waals surface area contributed by atoms with Gasteiger partial charge >= 0.3 is 24.6 Å². The van der Waals surface area contributed by atoms with Crippen molar-refractivity contribution in [1.82, 2.24) is 29.3 Å². The summed E-state index contributed by atoms with van der Waals surface area (Å²) in [6.07, 6.45) is 8.18. The molecule has 0 fully saturated rings. The Labute approximate surface area is 308 Å².